The predicted molar refractivity (Wildman–Crippen MR) is 57.3 cm³/mol. The molecule has 1 aromatic carbocycles. The van der Waals surface area contributed by atoms with Crippen LogP contribution >= 0.6 is 0 Å². The summed E-state index contributed by atoms with van der Waals surface area (Å²) in [4.78, 5) is 0. The summed E-state index contributed by atoms with van der Waals surface area (Å²) in [6.45, 7) is 0.565. The quantitative estimate of drug-likeness (QED) is 0.862. The molecule has 0 unspecified atom stereocenters. The van der Waals surface area contributed by atoms with Crippen molar-refractivity contribution in [1.29, 1.82) is 0 Å². The Hall–Kier alpha value is -1.81. The van der Waals surface area contributed by atoms with Gasteiger partial charge in [-0.3, -0.25) is 0 Å². The second kappa shape index (κ2) is 4.81. The smallest absolute Gasteiger partial charge is 0.146 e. The van der Waals surface area contributed by atoms with Gasteiger partial charge in [-0.1, -0.05) is 0 Å². The minimum atomic E-state index is -0.350. The molecule has 0 spiro atoms. The monoisotopic (exact) mass is 221 g/mol. The number of ether oxygens (including phenoxy) is 1. The first kappa shape index (κ1) is 10.7. The Labute approximate surface area is 92.6 Å². The Morgan fingerprint density at radius 1 is 1.31 bits per heavy atom. The van der Waals surface area contributed by atoms with Crippen molar-refractivity contribution in [3.05, 3.63) is 53.7 Å². The second-order valence-corrected chi connectivity index (χ2v) is 3.37. The first-order valence-corrected chi connectivity index (χ1v) is 4.92. The van der Waals surface area contributed by atoms with Crippen LogP contribution in [0.2, 0.25) is 0 Å². The molecule has 1 aromatic heterocycles. The molecule has 2 rings (SSSR count). The van der Waals surface area contributed by atoms with Gasteiger partial charge in [0, 0.05) is 12.6 Å². The molecule has 0 fully saturated rings. The van der Waals surface area contributed by atoms with Crippen LogP contribution in [0, 0.1) is 5.82 Å². The Morgan fingerprint density at radius 2 is 2.19 bits per heavy atom. The summed E-state index contributed by atoms with van der Waals surface area (Å²) in [5, 5.41) is 0. The van der Waals surface area contributed by atoms with E-state index in [1.165, 1.54) is 12.1 Å². The Morgan fingerprint density at radius 3 is 2.88 bits per heavy atom. The van der Waals surface area contributed by atoms with Gasteiger partial charge < -0.3 is 14.9 Å². The fraction of sp³-hybridized carbons (Fsp3) is 0.167. The molecule has 0 radical (unpaired) electrons. The molecule has 0 aliphatic rings. The zero-order chi connectivity index (χ0) is 11.4. The normalized spacial score (nSPS) is 10.4. The van der Waals surface area contributed by atoms with E-state index in [4.69, 9.17) is 14.9 Å². The van der Waals surface area contributed by atoms with Crippen LogP contribution in [-0.4, -0.2) is 0 Å². The van der Waals surface area contributed by atoms with Crippen LogP contribution in [0.3, 0.4) is 0 Å². The minimum Gasteiger partial charge on any atom is -0.486 e. The summed E-state index contributed by atoms with van der Waals surface area (Å²) in [7, 11) is 0. The van der Waals surface area contributed by atoms with Gasteiger partial charge in [0.25, 0.3) is 0 Å². The molecule has 1 heterocycles. The molecule has 3 nitrogen and oxygen atoms in total. The highest BCUT2D eigenvalue weighted by Gasteiger charge is 2.02. The molecule has 0 aliphatic carbocycles. The third-order valence-electron chi connectivity index (χ3n) is 2.13. The molecular formula is C12H12FNO2. The summed E-state index contributed by atoms with van der Waals surface area (Å²) < 4.78 is 23.6. The third-order valence-corrected chi connectivity index (χ3v) is 2.13. The molecule has 0 saturated heterocycles. The lowest BCUT2D eigenvalue weighted by Crippen LogP contribution is -1.99. The van der Waals surface area contributed by atoms with Gasteiger partial charge in [0.1, 0.15) is 23.9 Å². The molecule has 4 heteroatoms. The average molecular weight is 221 g/mol. The number of hydrogen-bond acceptors (Lipinski definition) is 3. The molecule has 2 aromatic rings. The van der Waals surface area contributed by atoms with Gasteiger partial charge in [0.15, 0.2) is 0 Å². The van der Waals surface area contributed by atoms with Crippen LogP contribution in [0.15, 0.2) is 41.0 Å². The van der Waals surface area contributed by atoms with E-state index in [2.05, 4.69) is 0 Å². The van der Waals surface area contributed by atoms with E-state index in [-0.39, 0.29) is 19.0 Å². The number of benzene rings is 1. The standard InChI is InChI=1S/C12H12FNO2/c13-10-4-9(7-14)5-12(6-10)16-8-11-2-1-3-15-11/h1-6H,7-8,14H2. The fourth-order valence-electron chi connectivity index (χ4n) is 1.37. The lowest BCUT2D eigenvalue weighted by molar-refractivity contribution is 0.269. The summed E-state index contributed by atoms with van der Waals surface area (Å²) in [6, 6.07) is 7.99. The van der Waals surface area contributed by atoms with Gasteiger partial charge in [-0.15, -0.1) is 0 Å². The molecule has 0 saturated carbocycles. The van der Waals surface area contributed by atoms with Crippen LogP contribution in [0.1, 0.15) is 11.3 Å². The summed E-state index contributed by atoms with van der Waals surface area (Å²) in [5.74, 6) is 0.799. The Bertz CT molecular complexity index is 454. The van der Waals surface area contributed by atoms with Crippen molar-refractivity contribution in [2.24, 2.45) is 5.73 Å². The van der Waals surface area contributed by atoms with Gasteiger partial charge in [-0.2, -0.15) is 0 Å². The van der Waals surface area contributed by atoms with Crippen LogP contribution in [-0.2, 0) is 13.2 Å². The largest absolute Gasteiger partial charge is 0.486 e. The number of furan rings is 1. The van der Waals surface area contributed by atoms with Crippen molar-refractivity contribution in [2.75, 3.05) is 0 Å². The molecule has 16 heavy (non-hydrogen) atoms. The topological polar surface area (TPSA) is 48.4 Å². The van der Waals surface area contributed by atoms with E-state index in [9.17, 15) is 4.39 Å². The predicted octanol–water partition coefficient (Wildman–Crippen LogP) is 2.46. The zero-order valence-corrected chi connectivity index (χ0v) is 8.65. The molecule has 0 bridgehead atoms. The molecule has 2 N–H and O–H groups in total. The van der Waals surface area contributed by atoms with Crippen molar-refractivity contribution < 1.29 is 13.5 Å². The summed E-state index contributed by atoms with van der Waals surface area (Å²) in [6.07, 6.45) is 1.57. The van der Waals surface area contributed by atoms with Crippen molar-refractivity contribution in [1.82, 2.24) is 0 Å². The van der Waals surface area contributed by atoms with E-state index in [0.717, 1.165) is 0 Å². The molecule has 84 valence electrons. The average Bonchev–Trinajstić information content (AvgIpc) is 2.78. The van der Waals surface area contributed by atoms with Crippen molar-refractivity contribution in [3.8, 4) is 5.75 Å². The maximum atomic E-state index is 13.1. The first-order chi connectivity index (χ1) is 7.78. The van der Waals surface area contributed by atoms with Crippen LogP contribution in [0.25, 0.3) is 0 Å². The summed E-state index contributed by atoms with van der Waals surface area (Å²) in [5.41, 5.74) is 6.14. The molecular weight excluding hydrogens is 209 g/mol. The SMILES string of the molecule is NCc1cc(F)cc(OCc2ccco2)c1. The van der Waals surface area contributed by atoms with Crippen LogP contribution in [0.4, 0.5) is 4.39 Å². The molecule has 0 amide bonds. The van der Waals surface area contributed by atoms with Crippen LogP contribution < -0.4 is 10.5 Å². The highest BCUT2D eigenvalue weighted by atomic mass is 19.1. The molecule has 0 aliphatic heterocycles. The highest BCUT2D eigenvalue weighted by molar-refractivity contribution is 5.29. The maximum Gasteiger partial charge on any atom is 0.146 e. The Balaban J connectivity index is 2.06. The number of rotatable bonds is 4. The van der Waals surface area contributed by atoms with Gasteiger partial charge in [0.2, 0.25) is 0 Å². The van der Waals surface area contributed by atoms with Crippen molar-refractivity contribution in [3.63, 3.8) is 0 Å². The van der Waals surface area contributed by atoms with Crippen molar-refractivity contribution in [2.45, 2.75) is 13.2 Å². The van der Waals surface area contributed by atoms with E-state index in [0.29, 0.717) is 17.1 Å². The summed E-state index contributed by atoms with van der Waals surface area (Å²) >= 11 is 0. The lowest BCUT2D eigenvalue weighted by Gasteiger charge is -2.06. The number of halogens is 1. The zero-order valence-electron chi connectivity index (χ0n) is 8.65. The van der Waals surface area contributed by atoms with E-state index in [1.54, 1.807) is 24.5 Å². The van der Waals surface area contributed by atoms with E-state index in [1.807, 2.05) is 0 Å². The second-order valence-electron chi connectivity index (χ2n) is 3.37. The lowest BCUT2D eigenvalue weighted by atomic mass is 10.2. The highest BCUT2D eigenvalue weighted by Crippen LogP contribution is 2.17. The maximum absolute atomic E-state index is 13.1. The Kier molecular flexibility index (Phi) is 3.22. The van der Waals surface area contributed by atoms with E-state index >= 15 is 0 Å². The van der Waals surface area contributed by atoms with E-state index < -0.39 is 0 Å². The number of nitrogens with two attached hydrogens (primary N) is 1. The first-order valence-electron chi connectivity index (χ1n) is 4.92. The van der Waals surface area contributed by atoms with Gasteiger partial charge in [-0.05, 0) is 29.8 Å². The van der Waals surface area contributed by atoms with Crippen molar-refractivity contribution >= 4 is 0 Å². The van der Waals surface area contributed by atoms with Gasteiger partial charge >= 0.3 is 0 Å². The third kappa shape index (κ3) is 2.61. The van der Waals surface area contributed by atoms with Crippen LogP contribution in [0.5, 0.6) is 5.75 Å². The van der Waals surface area contributed by atoms with Gasteiger partial charge in [-0.25, -0.2) is 4.39 Å². The number of hydrogen-bond donors (Lipinski definition) is 1. The minimum absolute atomic E-state index is 0.278. The fourth-order valence-corrected chi connectivity index (χ4v) is 1.37. The van der Waals surface area contributed by atoms with Gasteiger partial charge in [0.05, 0.1) is 6.26 Å². The molecule has 0 atom stereocenters.